The molecule has 3 N–H and O–H groups in total. The number of nitrogen functional groups attached to an aromatic ring is 1. The van der Waals surface area contributed by atoms with E-state index in [2.05, 4.69) is 26.1 Å². The van der Waals surface area contributed by atoms with Crippen LogP contribution < -0.4 is 11.1 Å². The van der Waals surface area contributed by atoms with Gasteiger partial charge < -0.3 is 11.1 Å². The van der Waals surface area contributed by atoms with Gasteiger partial charge in [-0.25, -0.2) is 0 Å². The van der Waals surface area contributed by atoms with Crippen molar-refractivity contribution in [1.82, 2.24) is 0 Å². The Morgan fingerprint density at radius 3 is 2.50 bits per heavy atom. The first-order valence-corrected chi connectivity index (χ1v) is 7.16. The Labute approximate surface area is 114 Å². The van der Waals surface area contributed by atoms with Gasteiger partial charge in [0.05, 0.1) is 5.25 Å². The van der Waals surface area contributed by atoms with E-state index >= 15 is 0 Å². The van der Waals surface area contributed by atoms with Crippen molar-refractivity contribution in [2.24, 2.45) is 5.92 Å². The second kappa shape index (κ2) is 6.69. The maximum atomic E-state index is 12.0. The average Bonchev–Trinajstić information content (AvgIpc) is 2.28. The van der Waals surface area contributed by atoms with E-state index in [1.54, 1.807) is 23.9 Å². The Balaban J connectivity index is 2.55. The van der Waals surface area contributed by atoms with Crippen LogP contribution in [0.3, 0.4) is 0 Å². The Bertz CT molecular complexity index is 407. The molecule has 0 radical (unpaired) electrons. The highest BCUT2D eigenvalue weighted by molar-refractivity contribution is 8.01. The summed E-state index contributed by atoms with van der Waals surface area (Å²) in [5, 5.41) is 3.29. The first kappa shape index (κ1) is 14.9. The van der Waals surface area contributed by atoms with Gasteiger partial charge in [-0.15, -0.1) is 11.8 Å². The molecule has 0 aliphatic heterocycles. The van der Waals surface area contributed by atoms with Crippen LogP contribution in [-0.4, -0.2) is 16.4 Å². The van der Waals surface area contributed by atoms with Gasteiger partial charge >= 0.3 is 0 Å². The van der Waals surface area contributed by atoms with E-state index in [4.69, 9.17) is 5.73 Å². The SMILES string of the molecule is CC(SC(C)C(C)C)C(=O)Nc1cccc(N)c1. The maximum Gasteiger partial charge on any atom is 0.237 e. The van der Waals surface area contributed by atoms with Crippen molar-refractivity contribution in [2.45, 2.75) is 38.2 Å². The Hall–Kier alpha value is -1.16. The van der Waals surface area contributed by atoms with Crippen molar-refractivity contribution in [3.63, 3.8) is 0 Å². The molecule has 0 spiro atoms. The first-order chi connectivity index (χ1) is 8.40. The number of hydrogen-bond donors (Lipinski definition) is 2. The van der Waals surface area contributed by atoms with E-state index in [9.17, 15) is 4.79 Å². The van der Waals surface area contributed by atoms with Crippen LogP contribution >= 0.6 is 11.8 Å². The molecule has 0 aliphatic rings. The molecule has 100 valence electrons. The fraction of sp³-hybridized carbons (Fsp3) is 0.500. The van der Waals surface area contributed by atoms with Crippen LogP contribution in [0.4, 0.5) is 11.4 Å². The Morgan fingerprint density at radius 1 is 1.28 bits per heavy atom. The summed E-state index contributed by atoms with van der Waals surface area (Å²) >= 11 is 1.70. The predicted octanol–water partition coefficient (Wildman–Crippen LogP) is 3.37. The van der Waals surface area contributed by atoms with Gasteiger partial charge in [-0.2, -0.15) is 0 Å². The molecule has 0 aromatic heterocycles. The van der Waals surface area contributed by atoms with E-state index < -0.39 is 0 Å². The van der Waals surface area contributed by atoms with Crippen LogP contribution in [0.15, 0.2) is 24.3 Å². The standard InChI is InChI=1S/C14H22N2OS/c1-9(2)10(3)18-11(4)14(17)16-13-7-5-6-12(15)8-13/h5-11H,15H2,1-4H3,(H,16,17). The molecule has 2 unspecified atom stereocenters. The topological polar surface area (TPSA) is 55.1 Å². The van der Waals surface area contributed by atoms with E-state index in [1.165, 1.54) is 0 Å². The summed E-state index contributed by atoms with van der Waals surface area (Å²) in [6.45, 7) is 8.42. The maximum absolute atomic E-state index is 12.0. The molecule has 0 aliphatic carbocycles. The van der Waals surface area contributed by atoms with Gasteiger partial charge in [0, 0.05) is 16.6 Å². The lowest BCUT2D eigenvalue weighted by atomic mass is 10.2. The minimum atomic E-state index is -0.0659. The monoisotopic (exact) mass is 266 g/mol. The number of carbonyl (C=O) groups is 1. The summed E-state index contributed by atoms with van der Waals surface area (Å²) in [4.78, 5) is 12.0. The third kappa shape index (κ3) is 4.61. The van der Waals surface area contributed by atoms with E-state index in [-0.39, 0.29) is 11.2 Å². The number of carbonyl (C=O) groups excluding carboxylic acids is 1. The van der Waals surface area contributed by atoms with Crippen LogP contribution in [-0.2, 0) is 4.79 Å². The third-order valence-corrected chi connectivity index (χ3v) is 4.48. The molecule has 0 saturated heterocycles. The van der Waals surface area contributed by atoms with Crippen LogP contribution in [0.2, 0.25) is 0 Å². The van der Waals surface area contributed by atoms with Gasteiger partial charge in [0.1, 0.15) is 0 Å². The number of nitrogens with one attached hydrogen (secondary N) is 1. The molecule has 2 atom stereocenters. The molecule has 0 heterocycles. The van der Waals surface area contributed by atoms with E-state index in [0.29, 0.717) is 16.9 Å². The summed E-state index contributed by atoms with van der Waals surface area (Å²) < 4.78 is 0. The fourth-order valence-electron chi connectivity index (χ4n) is 1.40. The van der Waals surface area contributed by atoms with Crippen LogP contribution in [0.1, 0.15) is 27.7 Å². The lowest BCUT2D eigenvalue weighted by Crippen LogP contribution is -2.25. The molecular formula is C14H22N2OS. The summed E-state index contributed by atoms with van der Waals surface area (Å²) in [7, 11) is 0. The van der Waals surface area contributed by atoms with Gasteiger partial charge in [-0.05, 0) is 31.0 Å². The van der Waals surface area contributed by atoms with Crippen LogP contribution in [0, 0.1) is 5.92 Å². The van der Waals surface area contributed by atoms with Gasteiger partial charge in [0.25, 0.3) is 0 Å². The number of amides is 1. The molecule has 1 aromatic carbocycles. The molecule has 4 heteroatoms. The predicted molar refractivity (Wildman–Crippen MR) is 80.8 cm³/mol. The number of thioether (sulfide) groups is 1. The second-order valence-corrected chi connectivity index (χ2v) is 6.57. The van der Waals surface area contributed by atoms with Crippen molar-refractivity contribution in [3.8, 4) is 0 Å². The minimum absolute atomic E-state index is 0.0260. The van der Waals surface area contributed by atoms with Crippen molar-refractivity contribution in [3.05, 3.63) is 24.3 Å². The fourth-order valence-corrected chi connectivity index (χ4v) is 2.54. The highest BCUT2D eigenvalue weighted by Crippen LogP contribution is 2.24. The highest BCUT2D eigenvalue weighted by atomic mass is 32.2. The summed E-state index contributed by atoms with van der Waals surface area (Å²) in [5.74, 6) is 0.593. The van der Waals surface area contributed by atoms with Crippen molar-refractivity contribution >= 4 is 29.0 Å². The van der Waals surface area contributed by atoms with Gasteiger partial charge in [-0.1, -0.05) is 26.8 Å². The largest absolute Gasteiger partial charge is 0.399 e. The molecule has 1 rings (SSSR count). The number of rotatable bonds is 5. The zero-order valence-corrected chi connectivity index (χ0v) is 12.3. The molecule has 18 heavy (non-hydrogen) atoms. The molecular weight excluding hydrogens is 244 g/mol. The summed E-state index contributed by atoms with van der Waals surface area (Å²) in [5.41, 5.74) is 7.08. The second-order valence-electron chi connectivity index (χ2n) is 4.84. The molecule has 0 bridgehead atoms. The first-order valence-electron chi connectivity index (χ1n) is 6.22. The number of benzene rings is 1. The lowest BCUT2D eigenvalue weighted by Gasteiger charge is -2.19. The molecule has 0 saturated carbocycles. The highest BCUT2D eigenvalue weighted by Gasteiger charge is 2.18. The normalized spacial score (nSPS) is 14.3. The molecule has 1 amide bonds. The zero-order valence-electron chi connectivity index (χ0n) is 11.4. The van der Waals surface area contributed by atoms with Gasteiger partial charge in [0.15, 0.2) is 0 Å². The number of hydrogen-bond acceptors (Lipinski definition) is 3. The van der Waals surface area contributed by atoms with Crippen LogP contribution in [0.5, 0.6) is 0 Å². The summed E-state index contributed by atoms with van der Waals surface area (Å²) in [6.07, 6.45) is 0. The van der Waals surface area contributed by atoms with Gasteiger partial charge in [0.2, 0.25) is 5.91 Å². The van der Waals surface area contributed by atoms with Crippen molar-refractivity contribution < 1.29 is 4.79 Å². The smallest absolute Gasteiger partial charge is 0.237 e. The quantitative estimate of drug-likeness (QED) is 0.803. The average molecular weight is 266 g/mol. The minimum Gasteiger partial charge on any atom is -0.399 e. The Morgan fingerprint density at radius 2 is 1.94 bits per heavy atom. The van der Waals surface area contributed by atoms with Crippen molar-refractivity contribution in [1.29, 1.82) is 0 Å². The Kier molecular flexibility index (Phi) is 5.54. The lowest BCUT2D eigenvalue weighted by molar-refractivity contribution is -0.115. The van der Waals surface area contributed by atoms with Crippen LogP contribution in [0.25, 0.3) is 0 Å². The number of nitrogens with two attached hydrogens (primary N) is 1. The van der Waals surface area contributed by atoms with Crippen molar-refractivity contribution in [2.75, 3.05) is 11.1 Å². The third-order valence-electron chi connectivity index (χ3n) is 2.88. The van der Waals surface area contributed by atoms with Gasteiger partial charge in [-0.3, -0.25) is 4.79 Å². The van der Waals surface area contributed by atoms with E-state index in [1.807, 2.05) is 19.1 Å². The molecule has 3 nitrogen and oxygen atoms in total. The molecule has 1 aromatic rings. The molecule has 0 fully saturated rings. The number of anilines is 2. The summed E-state index contributed by atoms with van der Waals surface area (Å²) in [6, 6.07) is 7.24. The van der Waals surface area contributed by atoms with E-state index in [0.717, 1.165) is 5.69 Å². The zero-order chi connectivity index (χ0) is 13.7.